The lowest BCUT2D eigenvalue weighted by molar-refractivity contribution is 0.0697. The lowest BCUT2D eigenvalue weighted by Crippen LogP contribution is -2.54. The van der Waals surface area contributed by atoms with Gasteiger partial charge in [-0.2, -0.15) is 5.10 Å². The first-order valence-corrected chi connectivity index (χ1v) is 10.1. The molecule has 5 rings (SSSR count). The molecule has 2 aromatic carbocycles. The van der Waals surface area contributed by atoms with Gasteiger partial charge in [-0.25, -0.2) is 13.8 Å². The minimum Gasteiger partial charge on any atom is -0.478 e. The molecule has 2 atom stereocenters. The third-order valence-electron chi connectivity index (χ3n) is 5.00. The topological polar surface area (TPSA) is 150 Å². The standard InChI is InChI=1S/C22H18FN7O4/c23-14-4-6-15(7-5-14)25-18-19(27-21-20(26-18)29-34-30-21)28-24-11-16-8-9-17(33-16)12-2-1-3-13(10-12)22(31)32/h1-11,18-19,25,28H,(H,26,29)(H,27,30)(H,31,32)/b24-11+. The number of hydrazone groups is 1. The average Bonchev–Trinajstić information content (AvgIpc) is 3.50. The third kappa shape index (κ3) is 4.50. The molecule has 0 saturated heterocycles. The van der Waals surface area contributed by atoms with Crippen molar-refractivity contribution in [2.24, 2.45) is 5.10 Å². The van der Waals surface area contributed by atoms with Crippen molar-refractivity contribution in [3.8, 4) is 11.3 Å². The highest BCUT2D eigenvalue weighted by Crippen LogP contribution is 2.25. The summed E-state index contributed by atoms with van der Waals surface area (Å²) in [6, 6.07) is 15.8. The van der Waals surface area contributed by atoms with Crippen molar-refractivity contribution in [2.75, 3.05) is 16.0 Å². The largest absolute Gasteiger partial charge is 0.478 e. The number of halogens is 1. The summed E-state index contributed by atoms with van der Waals surface area (Å²) in [6.45, 7) is 0. The molecule has 2 aromatic heterocycles. The van der Waals surface area contributed by atoms with E-state index in [0.717, 1.165) is 0 Å². The molecule has 0 bridgehead atoms. The van der Waals surface area contributed by atoms with Gasteiger partial charge in [0.15, 0.2) is 6.17 Å². The molecule has 0 saturated carbocycles. The fraction of sp³-hybridized carbons (Fsp3) is 0.0909. The molecule has 12 heteroatoms. The smallest absolute Gasteiger partial charge is 0.335 e. The van der Waals surface area contributed by atoms with Crippen molar-refractivity contribution in [3.05, 3.63) is 77.8 Å². The summed E-state index contributed by atoms with van der Waals surface area (Å²) in [5, 5.41) is 30.5. The van der Waals surface area contributed by atoms with E-state index in [1.165, 1.54) is 30.5 Å². The number of nitrogens with one attached hydrogen (secondary N) is 4. The molecule has 1 aliphatic rings. The second-order valence-corrected chi connectivity index (χ2v) is 7.33. The van der Waals surface area contributed by atoms with Gasteiger partial charge < -0.3 is 25.5 Å². The van der Waals surface area contributed by atoms with Crippen LogP contribution in [0.3, 0.4) is 0 Å². The Labute approximate surface area is 191 Å². The Morgan fingerprint density at radius 3 is 2.59 bits per heavy atom. The van der Waals surface area contributed by atoms with E-state index in [1.807, 2.05) is 0 Å². The number of aromatic carboxylic acids is 1. The zero-order valence-corrected chi connectivity index (χ0v) is 17.4. The van der Waals surface area contributed by atoms with E-state index in [2.05, 4.69) is 36.8 Å². The van der Waals surface area contributed by atoms with E-state index in [4.69, 9.17) is 14.2 Å². The molecule has 0 aliphatic carbocycles. The van der Waals surface area contributed by atoms with Gasteiger partial charge in [-0.05, 0) is 58.8 Å². The van der Waals surface area contributed by atoms with Crippen LogP contribution in [0.5, 0.6) is 0 Å². The molecule has 3 heterocycles. The fourth-order valence-corrected chi connectivity index (χ4v) is 3.36. The molecule has 1 aliphatic heterocycles. The van der Waals surface area contributed by atoms with Crippen LogP contribution >= 0.6 is 0 Å². The first-order valence-electron chi connectivity index (χ1n) is 10.1. The van der Waals surface area contributed by atoms with Crippen LogP contribution in [0.1, 0.15) is 16.1 Å². The third-order valence-corrected chi connectivity index (χ3v) is 5.00. The summed E-state index contributed by atoms with van der Waals surface area (Å²) < 4.78 is 23.8. The van der Waals surface area contributed by atoms with Crippen LogP contribution in [0.2, 0.25) is 0 Å². The second kappa shape index (κ2) is 8.94. The van der Waals surface area contributed by atoms with Crippen molar-refractivity contribution < 1.29 is 23.3 Å². The van der Waals surface area contributed by atoms with Gasteiger partial charge in [-0.15, -0.1) is 0 Å². The second-order valence-electron chi connectivity index (χ2n) is 7.33. The number of carboxylic acid groups (broad SMARTS) is 1. The maximum Gasteiger partial charge on any atom is 0.335 e. The Morgan fingerprint density at radius 1 is 1.06 bits per heavy atom. The maximum absolute atomic E-state index is 13.2. The van der Waals surface area contributed by atoms with Gasteiger partial charge in [0.2, 0.25) is 11.6 Å². The van der Waals surface area contributed by atoms with Crippen molar-refractivity contribution >= 4 is 29.5 Å². The Bertz CT molecular complexity index is 1340. The number of nitrogens with zero attached hydrogens (tertiary/aromatic N) is 3. The summed E-state index contributed by atoms with van der Waals surface area (Å²) >= 11 is 0. The summed E-state index contributed by atoms with van der Waals surface area (Å²) in [6.07, 6.45) is 0.535. The predicted molar refractivity (Wildman–Crippen MR) is 121 cm³/mol. The molecule has 0 fully saturated rings. The molecule has 4 aromatic rings. The Balaban J connectivity index is 1.29. The molecular weight excluding hydrogens is 445 g/mol. The van der Waals surface area contributed by atoms with Gasteiger partial charge in [0, 0.05) is 11.3 Å². The minimum absolute atomic E-state index is 0.170. The van der Waals surface area contributed by atoms with Crippen LogP contribution in [-0.4, -0.2) is 39.9 Å². The first kappa shape index (κ1) is 21.0. The number of anilines is 3. The Kier molecular flexibility index (Phi) is 5.52. The lowest BCUT2D eigenvalue weighted by Gasteiger charge is -2.33. The van der Waals surface area contributed by atoms with Crippen LogP contribution < -0.4 is 21.4 Å². The van der Waals surface area contributed by atoms with E-state index < -0.39 is 18.3 Å². The molecule has 34 heavy (non-hydrogen) atoms. The van der Waals surface area contributed by atoms with Crippen LogP contribution in [-0.2, 0) is 0 Å². The van der Waals surface area contributed by atoms with Gasteiger partial charge in [0.1, 0.15) is 23.5 Å². The van der Waals surface area contributed by atoms with E-state index in [-0.39, 0.29) is 11.4 Å². The van der Waals surface area contributed by atoms with E-state index in [1.54, 1.807) is 36.4 Å². The number of rotatable bonds is 7. The highest BCUT2D eigenvalue weighted by atomic mass is 19.1. The van der Waals surface area contributed by atoms with Crippen molar-refractivity contribution in [3.63, 3.8) is 0 Å². The van der Waals surface area contributed by atoms with Crippen molar-refractivity contribution in [2.45, 2.75) is 12.3 Å². The number of furan rings is 1. The van der Waals surface area contributed by atoms with Gasteiger partial charge in [-0.1, -0.05) is 12.1 Å². The van der Waals surface area contributed by atoms with E-state index >= 15 is 0 Å². The number of aromatic nitrogens is 2. The van der Waals surface area contributed by atoms with Crippen LogP contribution in [0.15, 0.2) is 74.8 Å². The summed E-state index contributed by atoms with van der Waals surface area (Å²) in [4.78, 5) is 11.2. The SMILES string of the molecule is O=C(O)c1cccc(-c2ccc(/C=N/NC3Nc4nonc4NC3Nc3ccc(F)cc3)o2)c1. The maximum atomic E-state index is 13.2. The molecule has 0 spiro atoms. The molecule has 172 valence electrons. The van der Waals surface area contributed by atoms with Crippen LogP contribution in [0.25, 0.3) is 11.3 Å². The summed E-state index contributed by atoms with van der Waals surface area (Å²) in [5.74, 6) is 0.441. The first-order chi connectivity index (χ1) is 16.5. The quantitative estimate of drug-likeness (QED) is 0.204. The molecule has 2 unspecified atom stereocenters. The lowest BCUT2D eigenvalue weighted by atomic mass is 10.1. The monoisotopic (exact) mass is 463 g/mol. The number of carbonyl (C=O) groups is 1. The number of carboxylic acids is 1. The number of fused-ring (bicyclic) bond motifs is 1. The number of hydrogen-bond donors (Lipinski definition) is 5. The predicted octanol–water partition coefficient (Wildman–Crippen LogP) is 3.39. The van der Waals surface area contributed by atoms with E-state index in [9.17, 15) is 9.18 Å². The fourth-order valence-electron chi connectivity index (χ4n) is 3.36. The normalized spacial score (nSPS) is 17.0. The van der Waals surface area contributed by atoms with Gasteiger partial charge in [0.05, 0.1) is 11.8 Å². The molecule has 0 radical (unpaired) electrons. The van der Waals surface area contributed by atoms with Crippen LogP contribution in [0, 0.1) is 5.82 Å². The summed E-state index contributed by atoms with van der Waals surface area (Å²) in [7, 11) is 0. The highest BCUT2D eigenvalue weighted by molar-refractivity contribution is 5.89. The Morgan fingerprint density at radius 2 is 1.82 bits per heavy atom. The molecule has 5 N–H and O–H groups in total. The number of hydrogen-bond acceptors (Lipinski definition) is 10. The van der Waals surface area contributed by atoms with Crippen molar-refractivity contribution in [1.82, 2.24) is 15.7 Å². The van der Waals surface area contributed by atoms with Crippen molar-refractivity contribution in [1.29, 1.82) is 0 Å². The number of benzene rings is 2. The molecule has 11 nitrogen and oxygen atoms in total. The average molecular weight is 463 g/mol. The zero-order valence-electron chi connectivity index (χ0n) is 17.4. The molecular formula is C22H18FN7O4. The van der Waals surface area contributed by atoms with Gasteiger partial charge in [-0.3, -0.25) is 5.43 Å². The zero-order chi connectivity index (χ0) is 23.5. The van der Waals surface area contributed by atoms with Gasteiger partial charge >= 0.3 is 5.97 Å². The minimum atomic E-state index is -1.01. The molecule has 0 amide bonds. The van der Waals surface area contributed by atoms with Gasteiger partial charge in [0.25, 0.3) is 0 Å². The summed E-state index contributed by atoms with van der Waals surface area (Å²) in [5.41, 5.74) is 4.45. The van der Waals surface area contributed by atoms with Crippen LogP contribution in [0.4, 0.5) is 21.7 Å². The van der Waals surface area contributed by atoms with E-state index in [0.29, 0.717) is 34.4 Å². The Hall–Kier alpha value is -4.87. The highest BCUT2D eigenvalue weighted by Gasteiger charge is 2.30.